The fourth-order valence-electron chi connectivity index (χ4n) is 1.80. The van der Waals surface area contributed by atoms with Gasteiger partial charge in [0.05, 0.1) is 18.1 Å². The largest absolute Gasteiger partial charge is 0.398 e. The van der Waals surface area contributed by atoms with Crippen molar-refractivity contribution in [3.05, 3.63) is 29.6 Å². The third-order valence-corrected chi connectivity index (χ3v) is 2.61. The van der Waals surface area contributed by atoms with E-state index in [0.717, 1.165) is 6.07 Å². The summed E-state index contributed by atoms with van der Waals surface area (Å²) in [4.78, 5) is 13.9. The van der Waals surface area contributed by atoms with Crippen LogP contribution in [0, 0.1) is 23.1 Å². The molecule has 0 saturated carbocycles. The Labute approximate surface area is 112 Å². The molecule has 0 aliphatic carbocycles. The van der Waals surface area contributed by atoms with Gasteiger partial charge < -0.3 is 10.6 Å². The lowest BCUT2D eigenvalue weighted by Gasteiger charge is -2.24. The van der Waals surface area contributed by atoms with E-state index in [1.165, 1.54) is 12.1 Å². The Morgan fingerprint density at radius 3 is 2.74 bits per heavy atom. The molecule has 0 spiro atoms. The predicted octanol–water partition coefficient (Wildman–Crippen LogP) is 2.42. The number of carbonyl (C=O) groups is 1. The highest BCUT2D eigenvalue weighted by atomic mass is 19.1. The molecule has 2 N–H and O–H groups in total. The minimum atomic E-state index is -0.471. The Morgan fingerprint density at radius 1 is 1.53 bits per heavy atom. The van der Waals surface area contributed by atoms with Crippen molar-refractivity contribution in [3.63, 3.8) is 0 Å². The Morgan fingerprint density at radius 2 is 2.21 bits per heavy atom. The van der Waals surface area contributed by atoms with Crippen molar-refractivity contribution in [2.45, 2.75) is 20.3 Å². The SMILES string of the molecule is CC(C)CN(CCC#N)C(=O)c1ccc(F)cc1N. The zero-order chi connectivity index (χ0) is 14.4. The molecule has 0 bridgehead atoms. The highest BCUT2D eigenvalue weighted by Gasteiger charge is 2.19. The summed E-state index contributed by atoms with van der Waals surface area (Å²) in [7, 11) is 0. The first-order valence-corrected chi connectivity index (χ1v) is 6.17. The third-order valence-electron chi connectivity index (χ3n) is 2.61. The average molecular weight is 263 g/mol. The number of nitrogen functional groups attached to an aromatic ring is 1. The molecular weight excluding hydrogens is 245 g/mol. The van der Waals surface area contributed by atoms with Crippen molar-refractivity contribution in [2.75, 3.05) is 18.8 Å². The van der Waals surface area contributed by atoms with Gasteiger partial charge in [0.1, 0.15) is 5.82 Å². The molecule has 1 aromatic carbocycles. The van der Waals surface area contributed by atoms with Crippen molar-refractivity contribution in [2.24, 2.45) is 5.92 Å². The van der Waals surface area contributed by atoms with Crippen molar-refractivity contribution >= 4 is 11.6 Å². The molecule has 0 unspecified atom stereocenters. The first-order chi connectivity index (χ1) is 8.95. The van der Waals surface area contributed by atoms with E-state index in [9.17, 15) is 9.18 Å². The highest BCUT2D eigenvalue weighted by Crippen LogP contribution is 2.17. The molecule has 0 atom stereocenters. The van der Waals surface area contributed by atoms with Gasteiger partial charge in [0, 0.05) is 18.8 Å². The first kappa shape index (κ1) is 15.0. The number of nitrogens with two attached hydrogens (primary N) is 1. The number of nitrogens with zero attached hydrogens (tertiary/aromatic N) is 2. The van der Waals surface area contributed by atoms with Gasteiger partial charge in [-0.25, -0.2) is 4.39 Å². The summed E-state index contributed by atoms with van der Waals surface area (Å²) in [6.45, 7) is 4.86. The second kappa shape index (κ2) is 6.74. The van der Waals surface area contributed by atoms with E-state index in [-0.39, 0.29) is 29.5 Å². The molecule has 0 heterocycles. The standard InChI is InChI=1S/C14H18FN3O/c1-10(2)9-18(7-3-6-16)14(19)12-5-4-11(15)8-13(12)17/h4-5,8,10H,3,7,9,17H2,1-2H3. The molecule has 0 fully saturated rings. The monoisotopic (exact) mass is 263 g/mol. The van der Waals surface area contributed by atoms with Crippen LogP contribution < -0.4 is 5.73 Å². The number of halogens is 1. The second-order valence-electron chi connectivity index (χ2n) is 4.78. The third kappa shape index (κ3) is 4.25. The van der Waals surface area contributed by atoms with E-state index >= 15 is 0 Å². The van der Waals surface area contributed by atoms with Crippen LogP contribution in [-0.2, 0) is 0 Å². The number of amides is 1. The summed E-state index contributed by atoms with van der Waals surface area (Å²) >= 11 is 0. The predicted molar refractivity (Wildman–Crippen MR) is 71.8 cm³/mol. The van der Waals surface area contributed by atoms with E-state index in [2.05, 4.69) is 0 Å². The Balaban J connectivity index is 2.94. The van der Waals surface area contributed by atoms with Gasteiger partial charge in [-0.2, -0.15) is 5.26 Å². The van der Waals surface area contributed by atoms with Crippen LogP contribution in [0.3, 0.4) is 0 Å². The normalized spacial score (nSPS) is 10.3. The van der Waals surface area contributed by atoms with Gasteiger partial charge in [-0.15, -0.1) is 0 Å². The van der Waals surface area contributed by atoms with Crippen LogP contribution in [0.5, 0.6) is 0 Å². The summed E-state index contributed by atoms with van der Waals surface area (Å²) in [5.74, 6) is -0.452. The lowest BCUT2D eigenvalue weighted by molar-refractivity contribution is 0.0741. The molecule has 19 heavy (non-hydrogen) atoms. The van der Waals surface area contributed by atoms with Gasteiger partial charge in [0.25, 0.3) is 5.91 Å². The second-order valence-corrected chi connectivity index (χ2v) is 4.78. The van der Waals surface area contributed by atoms with Gasteiger partial charge in [-0.3, -0.25) is 4.79 Å². The van der Waals surface area contributed by atoms with Gasteiger partial charge in [0.2, 0.25) is 0 Å². The Bertz CT molecular complexity index is 494. The summed E-state index contributed by atoms with van der Waals surface area (Å²) in [5.41, 5.74) is 6.07. The average Bonchev–Trinajstić information content (AvgIpc) is 2.33. The number of nitriles is 1. The van der Waals surface area contributed by atoms with E-state index in [1.807, 2.05) is 19.9 Å². The molecular formula is C14H18FN3O. The lowest BCUT2D eigenvalue weighted by Crippen LogP contribution is -2.35. The van der Waals surface area contributed by atoms with Crippen LogP contribution in [-0.4, -0.2) is 23.9 Å². The van der Waals surface area contributed by atoms with E-state index in [0.29, 0.717) is 13.1 Å². The summed E-state index contributed by atoms with van der Waals surface area (Å²) in [5, 5.41) is 8.63. The molecule has 1 rings (SSSR count). The van der Waals surface area contributed by atoms with Gasteiger partial charge in [-0.1, -0.05) is 13.8 Å². The van der Waals surface area contributed by atoms with Crippen LogP contribution in [0.4, 0.5) is 10.1 Å². The van der Waals surface area contributed by atoms with E-state index in [4.69, 9.17) is 11.0 Å². The Hall–Kier alpha value is -2.09. The molecule has 1 aromatic rings. The molecule has 0 saturated heterocycles. The molecule has 0 radical (unpaired) electrons. The molecule has 0 aliphatic heterocycles. The Kier molecular flexibility index (Phi) is 5.31. The van der Waals surface area contributed by atoms with Crippen molar-refractivity contribution in [3.8, 4) is 6.07 Å². The molecule has 1 amide bonds. The number of hydrogen-bond acceptors (Lipinski definition) is 3. The minimum absolute atomic E-state index is 0.121. The summed E-state index contributed by atoms with van der Waals surface area (Å²) in [6, 6.07) is 5.74. The maximum Gasteiger partial charge on any atom is 0.255 e. The fraction of sp³-hybridized carbons (Fsp3) is 0.429. The molecule has 102 valence electrons. The van der Waals surface area contributed by atoms with Crippen LogP contribution >= 0.6 is 0 Å². The zero-order valence-electron chi connectivity index (χ0n) is 11.2. The van der Waals surface area contributed by atoms with E-state index in [1.54, 1.807) is 4.90 Å². The van der Waals surface area contributed by atoms with Crippen molar-refractivity contribution in [1.82, 2.24) is 4.90 Å². The van der Waals surface area contributed by atoms with Crippen LogP contribution in [0.15, 0.2) is 18.2 Å². The summed E-state index contributed by atoms with van der Waals surface area (Å²) < 4.78 is 13.0. The minimum Gasteiger partial charge on any atom is -0.398 e. The van der Waals surface area contributed by atoms with Crippen molar-refractivity contribution < 1.29 is 9.18 Å². The number of benzene rings is 1. The number of anilines is 1. The number of rotatable bonds is 5. The lowest BCUT2D eigenvalue weighted by atomic mass is 10.1. The maximum atomic E-state index is 13.0. The molecule has 4 nitrogen and oxygen atoms in total. The molecule has 5 heteroatoms. The molecule has 0 aromatic heterocycles. The quantitative estimate of drug-likeness (QED) is 0.829. The fourth-order valence-corrected chi connectivity index (χ4v) is 1.80. The van der Waals surface area contributed by atoms with Gasteiger partial charge in [-0.05, 0) is 24.1 Å². The number of carbonyl (C=O) groups excluding carboxylic acids is 1. The summed E-state index contributed by atoms with van der Waals surface area (Å²) in [6.07, 6.45) is 0.263. The smallest absolute Gasteiger partial charge is 0.255 e. The van der Waals surface area contributed by atoms with E-state index < -0.39 is 5.82 Å². The highest BCUT2D eigenvalue weighted by molar-refractivity contribution is 5.99. The molecule has 0 aliphatic rings. The van der Waals surface area contributed by atoms with Gasteiger partial charge >= 0.3 is 0 Å². The van der Waals surface area contributed by atoms with Crippen LogP contribution in [0.2, 0.25) is 0 Å². The first-order valence-electron chi connectivity index (χ1n) is 6.17. The number of hydrogen-bond donors (Lipinski definition) is 1. The van der Waals surface area contributed by atoms with Gasteiger partial charge in [0.15, 0.2) is 0 Å². The maximum absolute atomic E-state index is 13.0. The van der Waals surface area contributed by atoms with Crippen molar-refractivity contribution in [1.29, 1.82) is 5.26 Å². The van der Waals surface area contributed by atoms with Crippen LogP contribution in [0.1, 0.15) is 30.6 Å². The van der Waals surface area contributed by atoms with Crippen LogP contribution in [0.25, 0.3) is 0 Å². The zero-order valence-corrected chi connectivity index (χ0v) is 11.2. The topological polar surface area (TPSA) is 70.1 Å².